The molecule has 2 aromatic rings. The van der Waals surface area contributed by atoms with E-state index in [0.29, 0.717) is 5.88 Å². The van der Waals surface area contributed by atoms with E-state index in [4.69, 9.17) is 9.47 Å². The van der Waals surface area contributed by atoms with Gasteiger partial charge in [0.2, 0.25) is 5.88 Å². The van der Waals surface area contributed by atoms with Gasteiger partial charge in [0.1, 0.15) is 5.75 Å². The first kappa shape index (κ1) is 15.3. The molecule has 0 saturated heterocycles. The van der Waals surface area contributed by atoms with Crippen molar-refractivity contribution in [2.75, 3.05) is 14.2 Å². The fourth-order valence-corrected chi connectivity index (χ4v) is 2.31. The molecule has 1 N–H and O–H groups in total. The maximum atomic E-state index is 5.68. The van der Waals surface area contributed by atoms with Gasteiger partial charge in [-0.2, -0.15) is 0 Å². The minimum Gasteiger partial charge on any atom is -0.491 e. The number of hydrogen-bond donors (Lipinski definition) is 1. The summed E-state index contributed by atoms with van der Waals surface area (Å²) in [5.41, 5.74) is 2.15. The Morgan fingerprint density at radius 3 is 2.38 bits per heavy atom. The summed E-state index contributed by atoms with van der Waals surface area (Å²) in [7, 11) is 3.56. The van der Waals surface area contributed by atoms with Crippen LogP contribution in [-0.4, -0.2) is 25.2 Å². The number of nitrogens with zero attached hydrogens (tertiary/aromatic N) is 1. The van der Waals surface area contributed by atoms with Crippen molar-refractivity contribution in [2.45, 2.75) is 26.0 Å². The molecule has 0 fully saturated rings. The predicted octanol–water partition coefficient (Wildman–Crippen LogP) is 3.19. The van der Waals surface area contributed by atoms with Gasteiger partial charge >= 0.3 is 0 Å². The van der Waals surface area contributed by atoms with E-state index in [1.807, 2.05) is 45.2 Å². The molecule has 21 heavy (non-hydrogen) atoms. The molecule has 0 aliphatic heterocycles. The van der Waals surface area contributed by atoms with Crippen LogP contribution in [-0.2, 0) is 0 Å². The van der Waals surface area contributed by atoms with E-state index in [2.05, 4.69) is 22.4 Å². The van der Waals surface area contributed by atoms with Crippen LogP contribution in [0.3, 0.4) is 0 Å². The normalized spacial score (nSPS) is 12.2. The summed E-state index contributed by atoms with van der Waals surface area (Å²) in [5, 5.41) is 3.31. The van der Waals surface area contributed by atoms with Gasteiger partial charge in [-0.1, -0.05) is 18.2 Å². The molecule has 112 valence electrons. The van der Waals surface area contributed by atoms with Gasteiger partial charge < -0.3 is 14.8 Å². The van der Waals surface area contributed by atoms with Gasteiger partial charge in [0, 0.05) is 11.8 Å². The van der Waals surface area contributed by atoms with Crippen LogP contribution in [0.1, 0.15) is 31.0 Å². The maximum Gasteiger partial charge on any atom is 0.218 e. The molecule has 0 aliphatic carbocycles. The predicted molar refractivity (Wildman–Crippen MR) is 83.9 cm³/mol. The van der Waals surface area contributed by atoms with Crippen LogP contribution in [0, 0.1) is 0 Å². The van der Waals surface area contributed by atoms with Crippen molar-refractivity contribution in [1.29, 1.82) is 0 Å². The van der Waals surface area contributed by atoms with Crippen LogP contribution >= 0.6 is 0 Å². The van der Waals surface area contributed by atoms with Crippen molar-refractivity contribution in [3.05, 3.63) is 53.7 Å². The Labute approximate surface area is 126 Å². The minimum atomic E-state index is 0.0294. The monoisotopic (exact) mass is 286 g/mol. The molecule has 4 nitrogen and oxygen atoms in total. The van der Waals surface area contributed by atoms with E-state index in [1.165, 1.54) is 0 Å². The molecular weight excluding hydrogens is 264 g/mol. The Hall–Kier alpha value is -2.07. The number of rotatable bonds is 6. The quantitative estimate of drug-likeness (QED) is 0.885. The SMILES string of the molecule is CNC(c1ccc(OC(C)C)cc1)c1cccnc1OC. The smallest absolute Gasteiger partial charge is 0.218 e. The van der Waals surface area contributed by atoms with Gasteiger partial charge in [-0.3, -0.25) is 0 Å². The van der Waals surface area contributed by atoms with Crippen molar-refractivity contribution >= 4 is 0 Å². The standard InChI is InChI=1S/C17H22N2O2/c1-12(2)21-14-9-7-13(8-10-14)16(18-3)15-6-5-11-19-17(15)20-4/h5-12,16,18H,1-4H3. The Kier molecular flexibility index (Phi) is 5.17. The highest BCUT2D eigenvalue weighted by Crippen LogP contribution is 2.29. The first-order valence-electron chi connectivity index (χ1n) is 7.08. The van der Waals surface area contributed by atoms with Crippen molar-refractivity contribution in [1.82, 2.24) is 10.3 Å². The number of aromatic nitrogens is 1. The van der Waals surface area contributed by atoms with Crippen LogP contribution in [0.4, 0.5) is 0 Å². The van der Waals surface area contributed by atoms with Gasteiger partial charge in [-0.25, -0.2) is 4.98 Å². The highest BCUT2D eigenvalue weighted by molar-refractivity contribution is 5.39. The molecule has 1 unspecified atom stereocenters. The molecule has 1 aromatic heterocycles. The lowest BCUT2D eigenvalue weighted by Gasteiger charge is -2.19. The van der Waals surface area contributed by atoms with Gasteiger partial charge in [-0.05, 0) is 44.7 Å². The molecule has 0 saturated carbocycles. The average Bonchev–Trinajstić information content (AvgIpc) is 2.49. The summed E-state index contributed by atoms with van der Waals surface area (Å²) in [6.07, 6.45) is 1.91. The average molecular weight is 286 g/mol. The summed E-state index contributed by atoms with van der Waals surface area (Å²) in [6.45, 7) is 4.04. The van der Waals surface area contributed by atoms with Crippen LogP contribution in [0.5, 0.6) is 11.6 Å². The molecule has 2 rings (SSSR count). The number of methoxy groups -OCH3 is 1. The Morgan fingerprint density at radius 2 is 1.81 bits per heavy atom. The zero-order valence-electron chi connectivity index (χ0n) is 13.0. The van der Waals surface area contributed by atoms with E-state index in [9.17, 15) is 0 Å². The van der Waals surface area contributed by atoms with E-state index in [0.717, 1.165) is 16.9 Å². The second kappa shape index (κ2) is 7.09. The summed E-state index contributed by atoms with van der Waals surface area (Å²) in [4.78, 5) is 4.26. The minimum absolute atomic E-state index is 0.0294. The summed E-state index contributed by atoms with van der Waals surface area (Å²) < 4.78 is 11.0. The summed E-state index contributed by atoms with van der Waals surface area (Å²) >= 11 is 0. The van der Waals surface area contributed by atoms with Gasteiger partial charge in [0.15, 0.2) is 0 Å². The third-order valence-electron chi connectivity index (χ3n) is 3.18. The first-order chi connectivity index (χ1) is 10.2. The molecule has 0 radical (unpaired) electrons. The van der Waals surface area contributed by atoms with E-state index in [-0.39, 0.29) is 12.1 Å². The van der Waals surface area contributed by atoms with Crippen molar-refractivity contribution < 1.29 is 9.47 Å². The van der Waals surface area contributed by atoms with Crippen molar-refractivity contribution in [3.8, 4) is 11.6 Å². The van der Waals surface area contributed by atoms with Crippen LogP contribution in [0.2, 0.25) is 0 Å². The van der Waals surface area contributed by atoms with E-state index >= 15 is 0 Å². The lowest BCUT2D eigenvalue weighted by Crippen LogP contribution is -2.18. The molecule has 4 heteroatoms. The van der Waals surface area contributed by atoms with Crippen molar-refractivity contribution in [3.63, 3.8) is 0 Å². The lowest BCUT2D eigenvalue weighted by atomic mass is 10.00. The van der Waals surface area contributed by atoms with E-state index < -0.39 is 0 Å². The molecule has 0 amide bonds. The Balaban J connectivity index is 2.29. The third-order valence-corrected chi connectivity index (χ3v) is 3.18. The summed E-state index contributed by atoms with van der Waals surface area (Å²) in [5.74, 6) is 1.51. The van der Waals surface area contributed by atoms with Crippen LogP contribution in [0.25, 0.3) is 0 Å². The zero-order valence-corrected chi connectivity index (χ0v) is 13.0. The third kappa shape index (κ3) is 3.73. The molecule has 1 atom stereocenters. The second-order valence-electron chi connectivity index (χ2n) is 5.06. The number of ether oxygens (including phenoxy) is 2. The van der Waals surface area contributed by atoms with Crippen LogP contribution in [0.15, 0.2) is 42.6 Å². The fourth-order valence-electron chi connectivity index (χ4n) is 2.31. The molecule has 1 heterocycles. The number of benzene rings is 1. The molecular formula is C17H22N2O2. The highest BCUT2D eigenvalue weighted by Gasteiger charge is 2.17. The van der Waals surface area contributed by atoms with Gasteiger partial charge in [0.25, 0.3) is 0 Å². The molecule has 1 aromatic carbocycles. The van der Waals surface area contributed by atoms with Crippen LogP contribution < -0.4 is 14.8 Å². The lowest BCUT2D eigenvalue weighted by molar-refractivity contribution is 0.242. The summed E-state index contributed by atoms with van der Waals surface area (Å²) in [6, 6.07) is 12.1. The largest absolute Gasteiger partial charge is 0.491 e. The fraction of sp³-hybridized carbons (Fsp3) is 0.353. The number of nitrogens with one attached hydrogen (secondary N) is 1. The Morgan fingerprint density at radius 1 is 1.10 bits per heavy atom. The van der Waals surface area contributed by atoms with E-state index in [1.54, 1.807) is 13.3 Å². The highest BCUT2D eigenvalue weighted by atomic mass is 16.5. The first-order valence-corrected chi connectivity index (χ1v) is 7.08. The second-order valence-corrected chi connectivity index (χ2v) is 5.06. The Bertz CT molecular complexity index is 567. The molecule has 0 aliphatic rings. The van der Waals surface area contributed by atoms with Crippen molar-refractivity contribution in [2.24, 2.45) is 0 Å². The zero-order chi connectivity index (χ0) is 15.2. The topological polar surface area (TPSA) is 43.4 Å². The van der Waals surface area contributed by atoms with Gasteiger partial charge in [0.05, 0.1) is 19.3 Å². The molecule has 0 bridgehead atoms. The maximum absolute atomic E-state index is 5.68. The van der Waals surface area contributed by atoms with Gasteiger partial charge in [-0.15, -0.1) is 0 Å². The number of hydrogen-bond acceptors (Lipinski definition) is 4. The molecule has 0 spiro atoms. The number of pyridine rings is 1.